The number of ketones is 1. The Hall–Kier alpha value is -3.67. The van der Waals surface area contributed by atoms with Crippen LogP contribution in [0.5, 0.6) is 11.5 Å². The molecular weight excluding hydrogens is 416 g/mol. The van der Waals surface area contributed by atoms with E-state index >= 15 is 0 Å². The number of ether oxygens (including phenoxy) is 2. The molecule has 2 aromatic carbocycles. The van der Waals surface area contributed by atoms with E-state index in [1.54, 1.807) is 19.0 Å². The number of carbonyl (C=O) groups excluding carboxylic acids is 2. The van der Waals surface area contributed by atoms with Gasteiger partial charge in [-0.2, -0.15) is 0 Å². The Morgan fingerprint density at radius 2 is 1.79 bits per heavy atom. The van der Waals surface area contributed by atoms with Gasteiger partial charge in [0.1, 0.15) is 5.78 Å². The molecule has 0 bridgehead atoms. The fourth-order valence-corrected chi connectivity index (χ4v) is 4.48. The van der Waals surface area contributed by atoms with Gasteiger partial charge < -0.3 is 14.4 Å². The average Bonchev–Trinajstić information content (AvgIpc) is 3.49. The van der Waals surface area contributed by atoms with E-state index in [9.17, 15) is 9.59 Å². The van der Waals surface area contributed by atoms with Crippen LogP contribution in [0.15, 0.2) is 54.6 Å². The van der Waals surface area contributed by atoms with Crippen LogP contribution in [0.25, 0.3) is 11.1 Å². The summed E-state index contributed by atoms with van der Waals surface area (Å²) in [4.78, 5) is 31.9. The van der Waals surface area contributed by atoms with Crippen molar-refractivity contribution >= 4 is 11.7 Å². The highest BCUT2D eigenvalue weighted by atomic mass is 16.7. The molecule has 33 heavy (non-hydrogen) atoms. The van der Waals surface area contributed by atoms with Crippen LogP contribution in [0.2, 0.25) is 0 Å². The van der Waals surface area contributed by atoms with Crippen LogP contribution in [-0.2, 0) is 16.6 Å². The van der Waals surface area contributed by atoms with Crippen molar-refractivity contribution < 1.29 is 19.1 Å². The molecule has 2 heterocycles. The molecule has 0 N–H and O–H groups in total. The maximum atomic E-state index is 13.3. The first-order valence-electron chi connectivity index (χ1n) is 11.1. The quantitative estimate of drug-likeness (QED) is 0.568. The van der Waals surface area contributed by atoms with Crippen molar-refractivity contribution in [2.45, 2.75) is 31.6 Å². The van der Waals surface area contributed by atoms with Crippen LogP contribution in [0, 0.1) is 6.92 Å². The number of carbonyl (C=O) groups is 2. The lowest BCUT2D eigenvalue weighted by molar-refractivity contribution is -0.120. The molecule has 1 aliphatic heterocycles. The zero-order valence-electron chi connectivity index (χ0n) is 19.1. The van der Waals surface area contributed by atoms with E-state index in [1.807, 2.05) is 61.5 Å². The highest BCUT2D eigenvalue weighted by molar-refractivity contribution is 5.96. The third kappa shape index (κ3) is 3.86. The molecule has 0 atom stereocenters. The molecular formula is C27H26N2O4. The smallest absolute Gasteiger partial charge is 0.253 e. The van der Waals surface area contributed by atoms with E-state index in [0.29, 0.717) is 11.3 Å². The predicted molar refractivity (Wildman–Crippen MR) is 125 cm³/mol. The van der Waals surface area contributed by atoms with E-state index in [2.05, 4.69) is 0 Å². The molecule has 1 fully saturated rings. The molecule has 168 valence electrons. The number of rotatable bonds is 6. The lowest BCUT2D eigenvalue weighted by atomic mass is 9.88. The average molecular weight is 443 g/mol. The number of benzene rings is 2. The van der Waals surface area contributed by atoms with Crippen LogP contribution in [0.1, 0.15) is 40.2 Å². The van der Waals surface area contributed by atoms with E-state index in [4.69, 9.17) is 14.5 Å². The molecule has 0 radical (unpaired) electrons. The van der Waals surface area contributed by atoms with Gasteiger partial charge >= 0.3 is 0 Å². The van der Waals surface area contributed by atoms with Gasteiger partial charge in [-0.25, -0.2) is 0 Å². The Labute approximate surface area is 193 Å². The lowest BCUT2D eigenvalue weighted by Gasteiger charge is -2.16. The molecule has 6 nitrogen and oxygen atoms in total. The summed E-state index contributed by atoms with van der Waals surface area (Å²) in [6.45, 7) is 2.16. The number of aryl methyl sites for hydroxylation is 1. The molecule has 5 rings (SSSR count). The highest BCUT2D eigenvalue weighted by Crippen LogP contribution is 2.51. The van der Waals surface area contributed by atoms with Gasteiger partial charge in [0.05, 0.1) is 5.41 Å². The summed E-state index contributed by atoms with van der Waals surface area (Å²) < 4.78 is 10.9. The number of hydrogen-bond donors (Lipinski definition) is 0. The van der Waals surface area contributed by atoms with Gasteiger partial charge in [0.25, 0.3) is 5.91 Å². The summed E-state index contributed by atoms with van der Waals surface area (Å²) in [5.74, 6) is 1.58. The molecule has 0 unspecified atom stereocenters. The molecule has 2 aliphatic rings. The van der Waals surface area contributed by atoms with Gasteiger partial charge in [-0.3, -0.25) is 14.6 Å². The van der Waals surface area contributed by atoms with E-state index in [1.165, 1.54) is 0 Å². The van der Waals surface area contributed by atoms with Crippen LogP contribution < -0.4 is 9.47 Å². The van der Waals surface area contributed by atoms with Crippen molar-refractivity contribution in [3.63, 3.8) is 0 Å². The van der Waals surface area contributed by atoms with E-state index < -0.39 is 5.41 Å². The summed E-state index contributed by atoms with van der Waals surface area (Å²) in [5.41, 5.74) is 4.66. The maximum Gasteiger partial charge on any atom is 0.253 e. The summed E-state index contributed by atoms with van der Waals surface area (Å²) in [5, 5.41) is 0. The van der Waals surface area contributed by atoms with Gasteiger partial charge in [-0.15, -0.1) is 0 Å². The maximum absolute atomic E-state index is 13.3. The third-order valence-electron chi connectivity index (χ3n) is 6.52. The first kappa shape index (κ1) is 21.2. The number of aromatic nitrogens is 1. The van der Waals surface area contributed by atoms with Gasteiger partial charge in [-0.1, -0.05) is 24.3 Å². The number of amides is 1. The first-order valence-corrected chi connectivity index (χ1v) is 11.1. The van der Waals surface area contributed by atoms with Gasteiger partial charge in [0.15, 0.2) is 11.5 Å². The Balaban J connectivity index is 1.36. The Morgan fingerprint density at radius 3 is 2.52 bits per heavy atom. The van der Waals surface area contributed by atoms with Crippen LogP contribution in [0.3, 0.4) is 0 Å². The molecule has 0 saturated heterocycles. The van der Waals surface area contributed by atoms with E-state index in [-0.39, 0.29) is 24.9 Å². The van der Waals surface area contributed by atoms with Crippen molar-refractivity contribution in [3.8, 4) is 22.6 Å². The Kier molecular flexibility index (Phi) is 5.16. The van der Waals surface area contributed by atoms with Gasteiger partial charge in [0.2, 0.25) is 6.79 Å². The molecule has 6 heteroatoms. The van der Waals surface area contributed by atoms with Crippen LogP contribution in [-0.4, -0.2) is 42.5 Å². The van der Waals surface area contributed by atoms with Crippen molar-refractivity contribution in [3.05, 3.63) is 77.1 Å². The van der Waals surface area contributed by atoms with Crippen molar-refractivity contribution in [2.24, 2.45) is 0 Å². The zero-order valence-corrected chi connectivity index (χ0v) is 19.1. The van der Waals surface area contributed by atoms with Gasteiger partial charge in [0, 0.05) is 43.0 Å². The monoisotopic (exact) mass is 442 g/mol. The Morgan fingerprint density at radius 1 is 1.00 bits per heavy atom. The largest absolute Gasteiger partial charge is 0.454 e. The predicted octanol–water partition coefficient (Wildman–Crippen LogP) is 4.33. The minimum Gasteiger partial charge on any atom is -0.454 e. The normalized spacial score (nSPS) is 15.2. The highest BCUT2D eigenvalue weighted by Gasteiger charge is 2.51. The van der Waals surface area contributed by atoms with Crippen LogP contribution >= 0.6 is 0 Å². The van der Waals surface area contributed by atoms with Crippen molar-refractivity contribution in [1.82, 2.24) is 9.88 Å². The molecule has 1 saturated carbocycles. The lowest BCUT2D eigenvalue weighted by Crippen LogP contribution is -2.23. The fraction of sp³-hybridized carbons (Fsp3) is 0.296. The fourth-order valence-electron chi connectivity index (χ4n) is 4.48. The van der Waals surface area contributed by atoms with Crippen molar-refractivity contribution in [2.75, 3.05) is 20.9 Å². The van der Waals surface area contributed by atoms with Crippen LogP contribution in [0.4, 0.5) is 0 Å². The Bertz CT molecular complexity index is 1260. The molecule has 1 aromatic heterocycles. The summed E-state index contributed by atoms with van der Waals surface area (Å²) >= 11 is 0. The number of pyridine rings is 1. The second-order valence-electron chi connectivity index (χ2n) is 8.97. The summed E-state index contributed by atoms with van der Waals surface area (Å²) in [6, 6.07) is 17.3. The van der Waals surface area contributed by atoms with Crippen molar-refractivity contribution in [1.29, 1.82) is 0 Å². The minimum absolute atomic E-state index is 0.0390. The summed E-state index contributed by atoms with van der Waals surface area (Å²) in [7, 11) is 3.48. The molecule has 1 amide bonds. The molecule has 1 aliphatic carbocycles. The second kappa shape index (κ2) is 8.03. The SMILES string of the molecule is Cc1nc(CC(=O)C2(c3ccc4c(c3)OCO4)CC2)ccc1-c1cccc(C(=O)N(C)C)c1. The summed E-state index contributed by atoms with van der Waals surface area (Å²) in [6.07, 6.45) is 1.97. The van der Waals surface area contributed by atoms with Gasteiger partial charge in [-0.05, 0) is 61.2 Å². The zero-order chi connectivity index (χ0) is 23.2. The molecule has 0 spiro atoms. The third-order valence-corrected chi connectivity index (χ3v) is 6.52. The topological polar surface area (TPSA) is 68.7 Å². The number of nitrogens with zero attached hydrogens (tertiary/aromatic N) is 2. The number of Topliss-reactive ketones (excluding diaryl/α,β-unsaturated/α-hetero) is 1. The number of fused-ring (bicyclic) bond motifs is 1. The molecule has 3 aromatic rings. The minimum atomic E-state index is -0.448. The standard InChI is InChI=1S/C27H26N2O4/c1-17-22(18-5-4-6-19(13-18)26(31)29(2)3)9-8-21(28-17)15-25(30)27(11-12-27)20-7-10-23-24(14-20)33-16-32-23/h4-10,13-14H,11-12,15-16H2,1-3H3. The number of hydrogen-bond acceptors (Lipinski definition) is 5. The second-order valence-corrected chi connectivity index (χ2v) is 8.97. The first-order chi connectivity index (χ1) is 15.9. The van der Waals surface area contributed by atoms with E-state index in [0.717, 1.165) is 46.7 Å².